The van der Waals surface area contributed by atoms with Crippen LogP contribution in [-0.4, -0.2) is 27.2 Å². The zero-order valence-electron chi connectivity index (χ0n) is 11.9. The van der Waals surface area contributed by atoms with Gasteiger partial charge in [-0.1, -0.05) is 6.07 Å². The molecule has 0 aromatic carbocycles. The number of rotatable bonds is 4. The van der Waals surface area contributed by atoms with E-state index >= 15 is 0 Å². The van der Waals surface area contributed by atoms with E-state index in [2.05, 4.69) is 15.4 Å². The lowest BCUT2D eigenvalue weighted by Crippen LogP contribution is -2.29. The maximum absolute atomic E-state index is 11.1. The summed E-state index contributed by atoms with van der Waals surface area (Å²) < 4.78 is 1.79. The largest absolute Gasteiger partial charge is 0.351 e. The summed E-state index contributed by atoms with van der Waals surface area (Å²) in [6, 6.07) is 5.79. The number of carbonyl (C=O) groups excluding carboxylic acids is 1. The van der Waals surface area contributed by atoms with Gasteiger partial charge < -0.3 is 11.1 Å². The van der Waals surface area contributed by atoms with E-state index in [0.29, 0.717) is 6.54 Å². The molecular weight excluding hydrogens is 313 g/mol. The molecule has 0 saturated heterocycles. The van der Waals surface area contributed by atoms with Crippen LogP contribution in [0.3, 0.4) is 0 Å². The fourth-order valence-corrected chi connectivity index (χ4v) is 1.78. The summed E-state index contributed by atoms with van der Waals surface area (Å²) in [6.07, 6.45) is 1.72. The SMILES string of the molecule is Cc1cc(C)n(-c2ccc(CNC(=O)CN)cn2)n1.Cl.Cl. The zero-order chi connectivity index (χ0) is 13.8. The van der Waals surface area contributed by atoms with E-state index in [4.69, 9.17) is 5.73 Å². The van der Waals surface area contributed by atoms with Crippen molar-refractivity contribution in [2.24, 2.45) is 5.73 Å². The van der Waals surface area contributed by atoms with Gasteiger partial charge in [-0.2, -0.15) is 5.10 Å². The molecule has 0 bridgehead atoms. The molecule has 0 aliphatic carbocycles. The number of hydrogen-bond acceptors (Lipinski definition) is 4. The lowest BCUT2D eigenvalue weighted by Gasteiger charge is -2.06. The number of hydrogen-bond donors (Lipinski definition) is 2. The Hall–Kier alpha value is -1.63. The molecule has 0 saturated carbocycles. The van der Waals surface area contributed by atoms with Crippen LogP contribution >= 0.6 is 24.8 Å². The van der Waals surface area contributed by atoms with Crippen molar-refractivity contribution in [1.29, 1.82) is 0 Å². The van der Waals surface area contributed by atoms with Gasteiger partial charge in [-0.05, 0) is 31.5 Å². The van der Waals surface area contributed by atoms with Gasteiger partial charge in [0.1, 0.15) is 0 Å². The van der Waals surface area contributed by atoms with Crippen LogP contribution in [0.4, 0.5) is 0 Å². The Kier molecular flexibility index (Phi) is 7.94. The van der Waals surface area contributed by atoms with Crippen LogP contribution in [0.2, 0.25) is 0 Å². The minimum absolute atomic E-state index is 0. The molecule has 2 aromatic rings. The number of nitrogens with one attached hydrogen (secondary N) is 1. The smallest absolute Gasteiger partial charge is 0.234 e. The van der Waals surface area contributed by atoms with Crippen molar-refractivity contribution in [2.75, 3.05) is 6.54 Å². The average Bonchev–Trinajstić information content (AvgIpc) is 2.75. The highest BCUT2D eigenvalue weighted by Crippen LogP contribution is 2.10. The van der Waals surface area contributed by atoms with Crippen molar-refractivity contribution >= 4 is 30.7 Å². The third-order valence-corrected chi connectivity index (χ3v) is 2.71. The molecule has 0 aliphatic rings. The molecular formula is C13H19Cl2N5O. The quantitative estimate of drug-likeness (QED) is 0.884. The van der Waals surface area contributed by atoms with E-state index in [1.54, 1.807) is 10.9 Å². The minimum Gasteiger partial charge on any atom is -0.351 e. The first-order chi connectivity index (χ1) is 9.10. The molecule has 116 valence electrons. The molecule has 0 aliphatic heterocycles. The summed E-state index contributed by atoms with van der Waals surface area (Å²) in [5.74, 6) is 0.585. The van der Waals surface area contributed by atoms with Gasteiger partial charge in [0.25, 0.3) is 0 Å². The van der Waals surface area contributed by atoms with Crippen molar-refractivity contribution in [3.05, 3.63) is 41.3 Å². The predicted octanol–water partition coefficient (Wildman–Crippen LogP) is 1.30. The van der Waals surface area contributed by atoms with Crippen LogP contribution in [0.25, 0.3) is 5.82 Å². The first-order valence-corrected chi connectivity index (χ1v) is 6.05. The number of nitrogens with zero attached hydrogens (tertiary/aromatic N) is 3. The topological polar surface area (TPSA) is 85.8 Å². The van der Waals surface area contributed by atoms with E-state index in [1.807, 2.05) is 32.0 Å². The van der Waals surface area contributed by atoms with Crippen molar-refractivity contribution < 1.29 is 4.79 Å². The Morgan fingerprint density at radius 1 is 1.33 bits per heavy atom. The molecule has 2 heterocycles. The predicted molar refractivity (Wildman–Crippen MR) is 86.2 cm³/mol. The molecule has 0 unspecified atom stereocenters. The van der Waals surface area contributed by atoms with Gasteiger partial charge in [-0.25, -0.2) is 9.67 Å². The molecule has 2 rings (SSSR count). The van der Waals surface area contributed by atoms with E-state index in [9.17, 15) is 4.79 Å². The van der Waals surface area contributed by atoms with Gasteiger partial charge in [0.2, 0.25) is 5.91 Å². The van der Waals surface area contributed by atoms with Crippen LogP contribution in [-0.2, 0) is 11.3 Å². The molecule has 0 radical (unpaired) electrons. The van der Waals surface area contributed by atoms with Gasteiger partial charge in [0, 0.05) is 18.4 Å². The second-order valence-electron chi connectivity index (χ2n) is 4.34. The Balaban J connectivity index is 0.00000200. The Labute approximate surface area is 135 Å². The average molecular weight is 332 g/mol. The van der Waals surface area contributed by atoms with Crippen LogP contribution < -0.4 is 11.1 Å². The Bertz CT molecular complexity index is 583. The Morgan fingerprint density at radius 3 is 2.52 bits per heavy atom. The van der Waals surface area contributed by atoms with Crippen LogP contribution in [0.5, 0.6) is 0 Å². The van der Waals surface area contributed by atoms with Gasteiger partial charge in [-0.15, -0.1) is 24.8 Å². The van der Waals surface area contributed by atoms with Crippen molar-refractivity contribution in [3.63, 3.8) is 0 Å². The van der Waals surface area contributed by atoms with Gasteiger partial charge in [0.05, 0.1) is 12.2 Å². The fourth-order valence-electron chi connectivity index (χ4n) is 1.78. The number of nitrogens with two attached hydrogens (primary N) is 1. The third-order valence-electron chi connectivity index (χ3n) is 2.71. The second kappa shape index (κ2) is 8.61. The maximum Gasteiger partial charge on any atom is 0.234 e. The van der Waals surface area contributed by atoms with Crippen LogP contribution in [0.1, 0.15) is 17.0 Å². The third kappa shape index (κ3) is 5.00. The van der Waals surface area contributed by atoms with E-state index in [0.717, 1.165) is 22.8 Å². The summed E-state index contributed by atoms with van der Waals surface area (Å²) in [6.45, 7) is 4.36. The first kappa shape index (κ1) is 19.4. The summed E-state index contributed by atoms with van der Waals surface area (Å²) in [7, 11) is 0. The second-order valence-corrected chi connectivity index (χ2v) is 4.34. The van der Waals surface area contributed by atoms with Gasteiger partial charge in [-0.3, -0.25) is 4.79 Å². The minimum atomic E-state index is -0.178. The molecule has 0 atom stereocenters. The maximum atomic E-state index is 11.1. The summed E-state index contributed by atoms with van der Waals surface area (Å²) in [4.78, 5) is 15.4. The monoisotopic (exact) mass is 331 g/mol. The first-order valence-electron chi connectivity index (χ1n) is 6.05. The zero-order valence-corrected chi connectivity index (χ0v) is 13.5. The van der Waals surface area contributed by atoms with Gasteiger partial charge >= 0.3 is 0 Å². The molecule has 8 heteroatoms. The highest BCUT2D eigenvalue weighted by molar-refractivity contribution is 5.85. The number of halogens is 2. The summed E-state index contributed by atoms with van der Waals surface area (Å²) in [5.41, 5.74) is 8.13. The standard InChI is InChI=1S/C13H17N5O.2ClH/c1-9-5-10(2)18(17-9)12-4-3-11(7-15-12)8-16-13(19)6-14;;/h3-5,7H,6,8,14H2,1-2H3,(H,16,19);2*1H. The van der Waals surface area contributed by atoms with Crippen molar-refractivity contribution in [3.8, 4) is 5.82 Å². The van der Waals surface area contributed by atoms with Crippen LogP contribution in [0, 0.1) is 13.8 Å². The molecule has 0 fully saturated rings. The number of carbonyl (C=O) groups is 1. The lowest BCUT2D eigenvalue weighted by molar-refractivity contribution is -0.119. The highest BCUT2D eigenvalue weighted by atomic mass is 35.5. The lowest BCUT2D eigenvalue weighted by atomic mass is 10.3. The van der Waals surface area contributed by atoms with Gasteiger partial charge in [0.15, 0.2) is 5.82 Å². The Morgan fingerprint density at radius 2 is 2.05 bits per heavy atom. The number of pyridine rings is 1. The molecule has 6 nitrogen and oxygen atoms in total. The van der Waals surface area contributed by atoms with E-state index in [-0.39, 0.29) is 37.3 Å². The molecule has 3 N–H and O–H groups in total. The number of amides is 1. The van der Waals surface area contributed by atoms with E-state index in [1.165, 1.54) is 0 Å². The number of aromatic nitrogens is 3. The molecule has 0 spiro atoms. The number of aryl methyl sites for hydroxylation is 2. The molecule has 1 amide bonds. The summed E-state index contributed by atoms with van der Waals surface area (Å²) in [5, 5.41) is 7.06. The molecule has 21 heavy (non-hydrogen) atoms. The highest BCUT2D eigenvalue weighted by Gasteiger charge is 2.05. The van der Waals surface area contributed by atoms with Crippen molar-refractivity contribution in [1.82, 2.24) is 20.1 Å². The summed E-state index contributed by atoms with van der Waals surface area (Å²) >= 11 is 0. The normalized spacial score (nSPS) is 9.48. The van der Waals surface area contributed by atoms with Crippen LogP contribution in [0.15, 0.2) is 24.4 Å². The fraction of sp³-hybridized carbons (Fsp3) is 0.308. The van der Waals surface area contributed by atoms with E-state index < -0.39 is 0 Å². The van der Waals surface area contributed by atoms with Crippen molar-refractivity contribution in [2.45, 2.75) is 20.4 Å². The molecule has 2 aromatic heterocycles.